The zero-order valence-corrected chi connectivity index (χ0v) is 21.4. The van der Waals surface area contributed by atoms with Gasteiger partial charge in [-0.3, -0.25) is 14.5 Å². The third kappa shape index (κ3) is 5.43. The number of thiazole rings is 1. The number of fused-ring (bicyclic) bond motifs is 1. The Morgan fingerprint density at radius 3 is 2.58 bits per heavy atom. The fraction of sp³-hybridized carbons (Fsp3) is 0.320. The summed E-state index contributed by atoms with van der Waals surface area (Å²) in [5.74, 6) is -0.374. The van der Waals surface area contributed by atoms with E-state index >= 15 is 0 Å². The number of hydrogen-bond donors (Lipinski definition) is 2. The molecule has 188 valence electrons. The molecule has 0 radical (unpaired) electrons. The smallest absolute Gasteiger partial charge is 0.275 e. The number of nitrogens with zero attached hydrogens (tertiary/aromatic N) is 4. The number of carbonyl (C=O) groups excluding carboxylic acids is 2. The first-order valence-corrected chi connectivity index (χ1v) is 14.4. The molecule has 1 fully saturated rings. The molecule has 2 aromatic carbocycles. The van der Waals surface area contributed by atoms with Gasteiger partial charge in [-0.25, -0.2) is 13.6 Å². The van der Waals surface area contributed by atoms with E-state index in [9.17, 15) is 18.4 Å². The Labute approximate surface area is 214 Å². The molecule has 0 bridgehead atoms. The van der Waals surface area contributed by atoms with Gasteiger partial charge in [0.1, 0.15) is 5.69 Å². The Balaban J connectivity index is 1.28. The lowest BCUT2D eigenvalue weighted by Crippen LogP contribution is -2.36. The summed E-state index contributed by atoms with van der Waals surface area (Å²) in [6.07, 6.45) is 2.88. The predicted octanol–water partition coefficient (Wildman–Crippen LogP) is 4.02. The van der Waals surface area contributed by atoms with Crippen molar-refractivity contribution in [2.45, 2.75) is 31.8 Å². The molecule has 1 unspecified atom stereocenters. The molecule has 2 amide bonds. The van der Waals surface area contributed by atoms with Crippen LogP contribution in [0.2, 0.25) is 0 Å². The number of piperidine rings is 1. The Bertz CT molecular complexity index is 1410. The van der Waals surface area contributed by atoms with Gasteiger partial charge in [0.15, 0.2) is 15.1 Å². The van der Waals surface area contributed by atoms with Crippen molar-refractivity contribution in [2.24, 2.45) is 4.36 Å². The molecular formula is C25H27N5O4S2. The summed E-state index contributed by atoms with van der Waals surface area (Å²) in [6.45, 7) is 1.77. The van der Waals surface area contributed by atoms with Gasteiger partial charge in [0.2, 0.25) is 5.91 Å². The maximum atomic E-state index is 13.1. The molecule has 2 N–H and O–H groups in total. The third-order valence-electron chi connectivity index (χ3n) is 6.35. The summed E-state index contributed by atoms with van der Waals surface area (Å²) in [4.78, 5) is 34.0. The summed E-state index contributed by atoms with van der Waals surface area (Å²) in [7, 11) is -3.12. The van der Waals surface area contributed by atoms with Crippen molar-refractivity contribution < 1.29 is 18.4 Å². The van der Waals surface area contributed by atoms with Crippen LogP contribution in [-0.2, 0) is 27.8 Å². The van der Waals surface area contributed by atoms with Crippen LogP contribution in [0, 0.1) is 0 Å². The van der Waals surface area contributed by atoms with Gasteiger partial charge in [-0.1, -0.05) is 36.4 Å². The molecular weight excluding hydrogens is 498 g/mol. The maximum Gasteiger partial charge on any atom is 0.275 e. The van der Waals surface area contributed by atoms with E-state index in [1.165, 1.54) is 17.6 Å². The SMILES string of the molecule is CS(=O)(O)=NC1CCN(c2ccccc2NC(=O)c2csc(N3Cc4ccccc4CC3=O)n2)CC1. The van der Waals surface area contributed by atoms with Crippen LogP contribution in [0.5, 0.6) is 0 Å². The van der Waals surface area contributed by atoms with E-state index in [2.05, 4.69) is 19.6 Å². The van der Waals surface area contributed by atoms with Crippen molar-refractivity contribution in [1.82, 2.24) is 4.98 Å². The molecule has 36 heavy (non-hydrogen) atoms. The summed E-state index contributed by atoms with van der Waals surface area (Å²) in [5.41, 5.74) is 3.92. The van der Waals surface area contributed by atoms with Crippen LogP contribution in [0.15, 0.2) is 58.3 Å². The van der Waals surface area contributed by atoms with Crippen LogP contribution >= 0.6 is 11.3 Å². The molecule has 2 aliphatic heterocycles. The van der Waals surface area contributed by atoms with Crippen molar-refractivity contribution in [3.05, 3.63) is 70.7 Å². The molecule has 0 aliphatic carbocycles. The largest absolute Gasteiger partial charge is 0.370 e. The fourth-order valence-electron chi connectivity index (χ4n) is 4.60. The zero-order chi connectivity index (χ0) is 25.3. The first-order chi connectivity index (χ1) is 17.3. The molecule has 9 nitrogen and oxygen atoms in total. The highest BCUT2D eigenvalue weighted by Crippen LogP contribution is 2.31. The molecule has 5 rings (SSSR count). The Hall–Kier alpha value is -3.28. The zero-order valence-electron chi connectivity index (χ0n) is 19.8. The van der Waals surface area contributed by atoms with E-state index in [4.69, 9.17) is 0 Å². The molecule has 1 atom stereocenters. The van der Waals surface area contributed by atoms with Gasteiger partial charge in [-0.05, 0) is 36.1 Å². The molecule has 0 spiro atoms. The summed E-state index contributed by atoms with van der Waals surface area (Å²) >= 11 is 1.28. The van der Waals surface area contributed by atoms with Crippen LogP contribution in [0.25, 0.3) is 0 Å². The van der Waals surface area contributed by atoms with Crippen LogP contribution in [-0.4, -0.2) is 50.9 Å². The first-order valence-electron chi connectivity index (χ1n) is 11.7. The Kier molecular flexibility index (Phi) is 6.78. The maximum absolute atomic E-state index is 13.1. The number of benzene rings is 2. The van der Waals surface area contributed by atoms with Gasteiger partial charge < -0.3 is 14.8 Å². The molecule has 2 aliphatic rings. The second-order valence-corrected chi connectivity index (χ2v) is 11.6. The second-order valence-electron chi connectivity index (χ2n) is 9.00. The highest BCUT2D eigenvalue weighted by molar-refractivity contribution is 7.87. The van der Waals surface area contributed by atoms with Gasteiger partial charge in [0.25, 0.3) is 5.91 Å². The number of aromatic nitrogens is 1. The van der Waals surface area contributed by atoms with E-state index < -0.39 is 10.0 Å². The van der Waals surface area contributed by atoms with Gasteiger partial charge in [-0.15, -0.1) is 11.3 Å². The topological polar surface area (TPSA) is 115 Å². The molecule has 11 heteroatoms. The molecule has 1 saturated heterocycles. The van der Waals surface area contributed by atoms with Crippen LogP contribution in [0.3, 0.4) is 0 Å². The van der Waals surface area contributed by atoms with E-state index in [-0.39, 0.29) is 23.6 Å². The lowest BCUT2D eigenvalue weighted by atomic mass is 10.00. The molecule has 3 heterocycles. The average Bonchev–Trinajstić information content (AvgIpc) is 3.34. The minimum Gasteiger partial charge on any atom is -0.370 e. The van der Waals surface area contributed by atoms with Crippen molar-refractivity contribution in [2.75, 3.05) is 34.5 Å². The highest BCUT2D eigenvalue weighted by atomic mass is 32.2. The Morgan fingerprint density at radius 2 is 1.83 bits per heavy atom. The van der Waals surface area contributed by atoms with E-state index in [1.54, 1.807) is 10.3 Å². The van der Waals surface area contributed by atoms with Crippen LogP contribution in [0.4, 0.5) is 16.5 Å². The normalized spacial score (nSPS) is 17.9. The lowest BCUT2D eigenvalue weighted by Gasteiger charge is -2.33. The number of amides is 2. The number of nitrogens with one attached hydrogen (secondary N) is 1. The minimum absolute atomic E-state index is 0.0319. The fourth-order valence-corrected chi connectivity index (χ4v) is 6.18. The lowest BCUT2D eigenvalue weighted by molar-refractivity contribution is -0.118. The predicted molar refractivity (Wildman–Crippen MR) is 142 cm³/mol. The number of carbonyl (C=O) groups is 2. The van der Waals surface area contributed by atoms with Gasteiger partial charge in [0, 0.05) is 24.7 Å². The van der Waals surface area contributed by atoms with Crippen molar-refractivity contribution >= 4 is 49.7 Å². The molecule has 3 aromatic rings. The first kappa shape index (κ1) is 24.4. The van der Waals surface area contributed by atoms with E-state index in [0.717, 1.165) is 16.8 Å². The average molecular weight is 526 g/mol. The quantitative estimate of drug-likeness (QED) is 0.520. The number of hydrogen-bond acceptors (Lipinski definition) is 7. The summed E-state index contributed by atoms with van der Waals surface area (Å²) < 4.78 is 25.1. The van der Waals surface area contributed by atoms with Gasteiger partial charge >= 0.3 is 0 Å². The standard InChI is InChI=1S/C25H27N5O4S2/c1-36(33,34)28-19-10-12-29(13-11-19)22-9-5-4-8-20(22)26-24(32)21-16-35-25(27-21)30-15-18-7-3-2-6-17(18)14-23(30)31/h2-9,16,19H,10-15H2,1H3,(H,26,32)(H,28,33,34). The molecule has 1 aromatic heterocycles. The van der Waals surface area contributed by atoms with Crippen LogP contribution in [0.1, 0.15) is 34.5 Å². The van der Waals surface area contributed by atoms with Gasteiger partial charge in [-0.2, -0.15) is 0 Å². The van der Waals surface area contributed by atoms with E-state index in [0.29, 0.717) is 49.7 Å². The second kappa shape index (κ2) is 10.00. The Morgan fingerprint density at radius 1 is 1.14 bits per heavy atom. The van der Waals surface area contributed by atoms with Crippen molar-refractivity contribution in [3.63, 3.8) is 0 Å². The van der Waals surface area contributed by atoms with Crippen molar-refractivity contribution in [3.8, 4) is 0 Å². The van der Waals surface area contributed by atoms with E-state index in [1.807, 2.05) is 48.5 Å². The summed E-state index contributed by atoms with van der Waals surface area (Å²) in [5, 5.41) is 5.15. The molecule has 0 saturated carbocycles. The van der Waals surface area contributed by atoms with Crippen molar-refractivity contribution in [1.29, 1.82) is 0 Å². The number of para-hydroxylation sites is 2. The highest BCUT2D eigenvalue weighted by Gasteiger charge is 2.27. The number of anilines is 3. The summed E-state index contributed by atoms with van der Waals surface area (Å²) in [6, 6.07) is 15.3. The third-order valence-corrected chi connectivity index (χ3v) is 7.90. The van der Waals surface area contributed by atoms with Crippen LogP contribution < -0.4 is 15.1 Å². The minimum atomic E-state index is -3.12. The monoisotopic (exact) mass is 525 g/mol. The van der Waals surface area contributed by atoms with Gasteiger partial charge in [0.05, 0.1) is 30.4 Å². The number of rotatable bonds is 5.